The molecule has 0 spiro atoms. The Bertz CT molecular complexity index is 765. The van der Waals surface area contributed by atoms with Gasteiger partial charge in [0.2, 0.25) is 0 Å². The van der Waals surface area contributed by atoms with E-state index in [0.717, 1.165) is 36.4 Å². The van der Waals surface area contributed by atoms with Gasteiger partial charge < -0.3 is 0 Å². The molecule has 0 saturated heterocycles. The molecule has 3 nitrogen and oxygen atoms in total. The van der Waals surface area contributed by atoms with Crippen LogP contribution < -0.4 is 4.72 Å². The van der Waals surface area contributed by atoms with Crippen molar-refractivity contribution in [2.75, 3.05) is 4.72 Å². The molecule has 0 aliphatic carbocycles. The van der Waals surface area contributed by atoms with Crippen LogP contribution in [0.1, 0.15) is 0 Å². The number of hydrogen-bond donors (Lipinski definition) is 1. The summed E-state index contributed by atoms with van der Waals surface area (Å²) in [4.78, 5) is -0.368. The Kier molecular flexibility index (Phi) is 3.92. The minimum absolute atomic E-state index is 0.368. The molecule has 0 fully saturated rings. The molecule has 0 radical (unpaired) electrons. The monoisotopic (exact) mass is 321 g/mol. The zero-order valence-corrected chi connectivity index (χ0v) is 11.3. The highest BCUT2D eigenvalue weighted by atomic mass is 35.5. The third-order valence-electron chi connectivity index (χ3n) is 2.40. The van der Waals surface area contributed by atoms with Gasteiger partial charge >= 0.3 is 0 Å². The van der Waals surface area contributed by atoms with E-state index < -0.39 is 38.2 Å². The molecule has 0 atom stereocenters. The van der Waals surface area contributed by atoms with Gasteiger partial charge in [-0.3, -0.25) is 4.72 Å². The SMILES string of the molecule is O=S(=O)(Nc1cccc(F)c1F)c1ccc(F)c(Cl)c1. The van der Waals surface area contributed by atoms with Gasteiger partial charge in [-0.15, -0.1) is 0 Å². The molecule has 0 heterocycles. The maximum absolute atomic E-state index is 13.4. The van der Waals surface area contributed by atoms with Crippen LogP contribution in [0.4, 0.5) is 18.9 Å². The van der Waals surface area contributed by atoms with Gasteiger partial charge in [0.05, 0.1) is 15.6 Å². The van der Waals surface area contributed by atoms with Crippen LogP contribution in [-0.4, -0.2) is 8.42 Å². The average molecular weight is 322 g/mol. The number of rotatable bonds is 3. The zero-order chi connectivity index (χ0) is 14.9. The minimum Gasteiger partial charge on any atom is -0.277 e. The van der Waals surface area contributed by atoms with Crippen LogP contribution in [0, 0.1) is 17.5 Å². The van der Waals surface area contributed by atoms with E-state index in [0.29, 0.717) is 0 Å². The van der Waals surface area contributed by atoms with Gasteiger partial charge in [0.25, 0.3) is 10.0 Å². The van der Waals surface area contributed by atoms with E-state index in [1.165, 1.54) is 0 Å². The molecule has 0 amide bonds. The quantitative estimate of drug-likeness (QED) is 0.939. The summed E-state index contributed by atoms with van der Waals surface area (Å²) in [7, 11) is -4.20. The van der Waals surface area contributed by atoms with Gasteiger partial charge in [-0.25, -0.2) is 21.6 Å². The first-order valence-corrected chi connectivity index (χ1v) is 7.09. The van der Waals surface area contributed by atoms with Crippen LogP contribution in [0.25, 0.3) is 0 Å². The summed E-state index contributed by atoms with van der Waals surface area (Å²) in [6.07, 6.45) is 0. The van der Waals surface area contributed by atoms with Crippen molar-refractivity contribution in [3.8, 4) is 0 Å². The normalized spacial score (nSPS) is 11.4. The maximum Gasteiger partial charge on any atom is 0.262 e. The van der Waals surface area contributed by atoms with Crippen molar-refractivity contribution in [3.05, 3.63) is 58.9 Å². The van der Waals surface area contributed by atoms with Crippen molar-refractivity contribution in [1.29, 1.82) is 0 Å². The van der Waals surface area contributed by atoms with Crippen molar-refractivity contribution in [2.24, 2.45) is 0 Å². The Morgan fingerprint density at radius 2 is 1.70 bits per heavy atom. The molecule has 2 aromatic carbocycles. The molecule has 0 unspecified atom stereocenters. The smallest absolute Gasteiger partial charge is 0.262 e. The number of hydrogen-bond acceptors (Lipinski definition) is 2. The lowest BCUT2D eigenvalue weighted by Gasteiger charge is -2.09. The van der Waals surface area contributed by atoms with Crippen molar-refractivity contribution in [2.45, 2.75) is 4.90 Å². The second-order valence-electron chi connectivity index (χ2n) is 3.78. The molecule has 8 heteroatoms. The number of nitrogens with one attached hydrogen (secondary N) is 1. The predicted octanol–water partition coefficient (Wildman–Crippen LogP) is 3.56. The Labute approximate surface area is 118 Å². The summed E-state index contributed by atoms with van der Waals surface area (Å²) in [5.74, 6) is -3.31. The van der Waals surface area contributed by atoms with E-state index in [1.807, 2.05) is 4.72 Å². The molecule has 1 N–H and O–H groups in total. The highest BCUT2D eigenvalue weighted by molar-refractivity contribution is 7.92. The van der Waals surface area contributed by atoms with Gasteiger partial charge in [-0.05, 0) is 30.3 Å². The van der Waals surface area contributed by atoms with E-state index in [4.69, 9.17) is 11.6 Å². The minimum atomic E-state index is -4.20. The lowest BCUT2D eigenvalue weighted by molar-refractivity contribution is 0.511. The second-order valence-corrected chi connectivity index (χ2v) is 5.87. The van der Waals surface area contributed by atoms with Gasteiger partial charge in [-0.1, -0.05) is 17.7 Å². The molecule has 0 saturated carbocycles. The van der Waals surface area contributed by atoms with Crippen molar-refractivity contribution in [3.63, 3.8) is 0 Å². The highest BCUT2D eigenvalue weighted by Gasteiger charge is 2.19. The molecule has 0 aromatic heterocycles. The standard InChI is InChI=1S/C12H7ClF3NO2S/c13-8-6-7(4-5-9(8)14)20(18,19)17-11-3-1-2-10(15)12(11)16/h1-6,17H. The number of halogens is 4. The van der Waals surface area contributed by atoms with Crippen molar-refractivity contribution < 1.29 is 21.6 Å². The topological polar surface area (TPSA) is 46.2 Å². The van der Waals surface area contributed by atoms with Crippen LogP contribution in [0.3, 0.4) is 0 Å². The lowest BCUT2D eigenvalue weighted by atomic mass is 10.3. The van der Waals surface area contributed by atoms with E-state index in [9.17, 15) is 21.6 Å². The van der Waals surface area contributed by atoms with E-state index in [2.05, 4.69) is 0 Å². The third-order valence-corrected chi connectivity index (χ3v) is 4.05. The third kappa shape index (κ3) is 2.88. The van der Waals surface area contributed by atoms with E-state index >= 15 is 0 Å². The zero-order valence-electron chi connectivity index (χ0n) is 9.70. The van der Waals surface area contributed by atoms with E-state index in [-0.39, 0.29) is 4.90 Å². The molecule has 2 aromatic rings. The van der Waals surface area contributed by atoms with Crippen LogP contribution in [0.5, 0.6) is 0 Å². The van der Waals surface area contributed by atoms with E-state index in [1.54, 1.807) is 0 Å². The largest absolute Gasteiger partial charge is 0.277 e. The Morgan fingerprint density at radius 3 is 2.35 bits per heavy atom. The molecule has 2 rings (SSSR count). The van der Waals surface area contributed by atoms with Crippen molar-refractivity contribution in [1.82, 2.24) is 0 Å². The van der Waals surface area contributed by atoms with Crippen LogP contribution in [0.15, 0.2) is 41.3 Å². The first-order chi connectivity index (χ1) is 9.31. The summed E-state index contributed by atoms with van der Waals surface area (Å²) in [5, 5.41) is -0.396. The molecule has 0 aliphatic heterocycles. The summed E-state index contributed by atoms with van der Waals surface area (Å²) >= 11 is 5.48. The molecular formula is C12H7ClF3NO2S. The molecule has 20 heavy (non-hydrogen) atoms. The number of benzene rings is 2. The molecule has 0 bridgehead atoms. The lowest BCUT2D eigenvalue weighted by Crippen LogP contribution is -2.14. The first kappa shape index (κ1) is 14.7. The highest BCUT2D eigenvalue weighted by Crippen LogP contribution is 2.23. The summed E-state index contributed by atoms with van der Waals surface area (Å²) in [6, 6.07) is 5.74. The summed E-state index contributed by atoms with van der Waals surface area (Å²) < 4.78 is 65.1. The van der Waals surface area contributed by atoms with Gasteiger partial charge in [0.15, 0.2) is 11.6 Å². The Hall–Kier alpha value is -1.73. The molecule has 106 valence electrons. The van der Waals surface area contributed by atoms with Crippen LogP contribution >= 0.6 is 11.6 Å². The van der Waals surface area contributed by atoms with Crippen LogP contribution in [-0.2, 0) is 10.0 Å². The van der Waals surface area contributed by atoms with Crippen molar-refractivity contribution >= 4 is 27.3 Å². The van der Waals surface area contributed by atoms with Gasteiger partial charge in [0, 0.05) is 0 Å². The first-order valence-electron chi connectivity index (χ1n) is 5.23. The number of anilines is 1. The fourth-order valence-corrected chi connectivity index (χ4v) is 2.76. The summed E-state index contributed by atoms with van der Waals surface area (Å²) in [6.45, 7) is 0. The second kappa shape index (κ2) is 5.34. The maximum atomic E-state index is 13.4. The average Bonchev–Trinajstić information content (AvgIpc) is 2.38. The van der Waals surface area contributed by atoms with Gasteiger partial charge in [-0.2, -0.15) is 0 Å². The summed E-state index contributed by atoms with van der Waals surface area (Å²) in [5.41, 5.74) is -0.551. The number of sulfonamides is 1. The van der Waals surface area contributed by atoms with Crippen LogP contribution in [0.2, 0.25) is 5.02 Å². The Balaban J connectivity index is 2.41. The van der Waals surface area contributed by atoms with Gasteiger partial charge in [0.1, 0.15) is 5.82 Å². The Morgan fingerprint density at radius 1 is 1.00 bits per heavy atom. The molecular weight excluding hydrogens is 315 g/mol. The fraction of sp³-hybridized carbons (Fsp3) is 0. The fourth-order valence-electron chi connectivity index (χ4n) is 1.43. The predicted molar refractivity (Wildman–Crippen MR) is 68.6 cm³/mol. The molecule has 0 aliphatic rings.